The summed E-state index contributed by atoms with van der Waals surface area (Å²) in [4.78, 5) is 11.8. The minimum Gasteiger partial charge on any atom is -0.494 e. The summed E-state index contributed by atoms with van der Waals surface area (Å²) in [5.41, 5.74) is 2.78. The summed E-state index contributed by atoms with van der Waals surface area (Å²) < 4.78 is 7.29. The molecular formula is C15H16N2O2. The molecule has 0 saturated heterocycles. The third kappa shape index (κ3) is 2.14. The van der Waals surface area contributed by atoms with E-state index >= 15 is 0 Å². The maximum atomic E-state index is 11.8. The molecule has 0 atom stereocenters. The normalized spacial score (nSPS) is 14.3. The van der Waals surface area contributed by atoms with Gasteiger partial charge >= 0.3 is 0 Å². The van der Waals surface area contributed by atoms with Gasteiger partial charge in [0.2, 0.25) is 0 Å². The van der Waals surface area contributed by atoms with Crippen LogP contribution >= 0.6 is 0 Å². The minimum absolute atomic E-state index is 0.207. The van der Waals surface area contributed by atoms with Crippen molar-refractivity contribution in [2.45, 2.75) is 26.2 Å². The number of carbonyl (C=O) groups is 1. The van der Waals surface area contributed by atoms with Crippen LogP contribution in [0.15, 0.2) is 30.5 Å². The molecule has 0 spiro atoms. The number of Topliss-reactive ketones (excluding diaryl/α,β-unsaturated/α-hetero) is 1. The second-order valence-electron chi connectivity index (χ2n) is 4.62. The summed E-state index contributed by atoms with van der Waals surface area (Å²) in [6, 6.07) is 7.80. The van der Waals surface area contributed by atoms with Crippen LogP contribution in [0.25, 0.3) is 5.69 Å². The van der Waals surface area contributed by atoms with Crippen molar-refractivity contribution < 1.29 is 9.53 Å². The van der Waals surface area contributed by atoms with E-state index in [4.69, 9.17) is 4.74 Å². The van der Waals surface area contributed by atoms with Crippen LogP contribution in [-0.2, 0) is 6.42 Å². The minimum atomic E-state index is 0.207. The molecule has 0 radical (unpaired) electrons. The number of ether oxygens (including phenoxy) is 1. The first-order valence-electron chi connectivity index (χ1n) is 6.63. The molecule has 0 fully saturated rings. The van der Waals surface area contributed by atoms with Crippen LogP contribution in [0, 0.1) is 0 Å². The molecule has 1 aromatic heterocycles. The molecule has 19 heavy (non-hydrogen) atoms. The molecule has 0 aliphatic heterocycles. The van der Waals surface area contributed by atoms with Gasteiger partial charge in [-0.05, 0) is 44.0 Å². The maximum Gasteiger partial charge on any atom is 0.166 e. The van der Waals surface area contributed by atoms with Crippen molar-refractivity contribution in [3.63, 3.8) is 0 Å². The summed E-state index contributed by atoms with van der Waals surface area (Å²) in [6.07, 6.45) is 4.15. The molecule has 2 aromatic rings. The highest BCUT2D eigenvalue weighted by atomic mass is 16.5. The number of fused-ring (bicyclic) bond motifs is 1. The molecule has 3 rings (SSSR count). The lowest BCUT2D eigenvalue weighted by Gasteiger charge is -2.13. The van der Waals surface area contributed by atoms with Crippen LogP contribution in [0.1, 0.15) is 35.8 Å². The quantitative estimate of drug-likeness (QED) is 0.848. The third-order valence-electron chi connectivity index (χ3n) is 3.38. The SMILES string of the molecule is CCOc1ccc(-n2ncc3c2CCCC3=O)cc1. The Kier molecular flexibility index (Phi) is 3.07. The molecule has 1 aliphatic rings. The van der Waals surface area contributed by atoms with Crippen LogP contribution in [0.2, 0.25) is 0 Å². The van der Waals surface area contributed by atoms with Crippen LogP contribution in [0.5, 0.6) is 5.75 Å². The summed E-state index contributed by atoms with van der Waals surface area (Å²) in [6.45, 7) is 2.62. The van der Waals surface area contributed by atoms with E-state index in [1.165, 1.54) is 0 Å². The Morgan fingerprint density at radius 2 is 2.05 bits per heavy atom. The summed E-state index contributed by atoms with van der Waals surface area (Å²) in [5, 5.41) is 4.35. The Balaban J connectivity index is 1.96. The monoisotopic (exact) mass is 256 g/mol. The van der Waals surface area contributed by atoms with Gasteiger partial charge in [0, 0.05) is 6.42 Å². The predicted octanol–water partition coefficient (Wildman–Crippen LogP) is 2.79. The molecule has 0 saturated carbocycles. The van der Waals surface area contributed by atoms with Crippen LogP contribution in [-0.4, -0.2) is 22.2 Å². The largest absolute Gasteiger partial charge is 0.494 e. The molecule has 1 heterocycles. The summed E-state index contributed by atoms with van der Waals surface area (Å²) in [5.74, 6) is 1.06. The molecular weight excluding hydrogens is 240 g/mol. The lowest BCUT2D eigenvalue weighted by atomic mass is 9.97. The topological polar surface area (TPSA) is 44.1 Å². The Labute approximate surface area is 112 Å². The van der Waals surface area contributed by atoms with Gasteiger partial charge in [0.25, 0.3) is 0 Å². The molecule has 0 N–H and O–H groups in total. The Morgan fingerprint density at radius 3 is 2.79 bits per heavy atom. The van der Waals surface area contributed by atoms with E-state index in [1.807, 2.05) is 35.9 Å². The average molecular weight is 256 g/mol. The standard InChI is InChI=1S/C15H16N2O2/c1-2-19-12-8-6-11(7-9-12)17-14-4-3-5-15(18)13(14)10-16-17/h6-10H,2-5H2,1H3. The van der Waals surface area contributed by atoms with E-state index in [0.717, 1.165) is 35.5 Å². The molecule has 1 aromatic carbocycles. The highest BCUT2D eigenvalue weighted by Gasteiger charge is 2.22. The molecule has 0 unspecified atom stereocenters. The van der Waals surface area contributed by atoms with E-state index in [1.54, 1.807) is 6.20 Å². The second kappa shape index (κ2) is 4.88. The van der Waals surface area contributed by atoms with E-state index in [9.17, 15) is 4.79 Å². The van der Waals surface area contributed by atoms with Gasteiger partial charge in [0.15, 0.2) is 5.78 Å². The van der Waals surface area contributed by atoms with Crippen molar-refractivity contribution in [1.82, 2.24) is 9.78 Å². The Bertz CT molecular complexity index is 599. The third-order valence-corrected chi connectivity index (χ3v) is 3.38. The Morgan fingerprint density at radius 1 is 1.26 bits per heavy atom. The molecule has 4 nitrogen and oxygen atoms in total. The first kappa shape index (κ1) is 12.0. The molecule has 98 valence electrons. The van der Waals surface area contributed by atoms with E-state index in [0.29, 0.717) is 13.0 Å². The van der Waals surface area contributed by atoms with Gasteiger partial charge in [-0.25, -0.2) is 4.68 Å². The van der Waals surface area contributed by atoms with E-state index in [2.05, 4.69) is 5.10 Å². The van der Waals surface area contributed by atoms with Crippen LogP contribution in [0.3, 0.4) is 0 Å². The zero-order valence-corrected chi connectivity index (χ0v) is 10.9. The number of hydrogen-bond donors (Lipinski definition) is 0. The maximum absolute atomic E-state index is 11.8. The fraction of sp³-hybridized carbons (Fsp3) is 0.333. The average Bonchev–Trinajstić information content (AvgIpc) is 2.85. The smallest absolute Gasteiger partial charge is 0.166 e. The van der Waals surface area contributed by atoms with Crippen molar-refractivity contribution in [2.24, 2.45) is 0 Å². The van der Waals surface area contributed by atoms with Gasteiger partial charge in [0.1, 0.15) is 5.75 Å². The van der Waals surface area contributed by atoms with Crippen molar-refractivity contribution >= 4 is 5.78 Å². The van der Waals surface area contributed by atoms with Gasteiger partial charge in [-0.1, -0.05) is 0 Å². The molecule has 4 heteroatoms. The van der Waals surface area contributed by atoms with E-state index < -0.39 is 0 Å². The zero-order chi connectivity index (χ0) is 13.2. The van der Waals surface area contributed by atoms with Gasteiger partial charge in [0.05, 0.1) is 29.7 Å². The second-order valence-corrected chi connectivity index (χ2v) is 4.62. The Hall–Kier alpha value is -2.10. The summed E-state index contributed by atoms with van der Waals surface area (Å²) >= 11 is 0. The molecule has 0 bridgehead atoms. The van der Waals surface area contributed by atoms with Crippen molar-refractivity contribution in [3.05, 3.63) is 41.7 Å². The highest BCUT2D eigenvalue weighted by molar-refractivity contribution is 5.98. The molecule has 1 aliphatic carbocycles. The first-order chi connectivity index (χ1) is 9.29. The van der Waals surface area contributed by atoms with Gasteiger partial charge < -0.3 is 4.74 Å². The van der Waals surface area contributed by atoms with Crippen molar-refractivity contribution in [2.75, 3.05) is 6.61 Å². The number of aromatic nitrogens is 2. The van der Waals surface area contributed by atoms with Crippen molar-refractivity contribution in [3.8, 4) is 11.4 Å². The summed E-state index contributed by atoms with van der Waals surface area (Å²) in [7, 11) is 0. The van der Waals surface area contributed by atoms with Gasteiger partial charge in [-0.15, -0.1) is 0 Å². The molecule has 0 amide bonds. The highest BCUT2D eigenvalue weighted by Crippen LogP contribution is 2.24. The fourth-order valence-electron chi connectivity index (χ4n) is 2.47. The number of ketones is 1. The van der Waals surface area contributed by atoms with Crippen LogP contribution < -0.4 is 4.74 Å². The van der Waals surface area contributed by atoms with Crippen molar-refractivity contribution in [1.29, 1.82) is 0 Å². The van der Waals surface area contributed by atoms with Gasteiger partial charge in [-0.3, -0.25) is 4.79 Å². The van der Waals surface area contributed by atoms with Gasteiger partial charge in [-0.2, -0.15) is 5.10 Å². The number of carbonyl (C=O) groups excluding carboxylic acids is 1. The number of hydrogen-bond acceptors (Lipinski definition) is 3. The fourth-order valence-corrected chi connectivity index (χ4v) is 2.47. The lowest BCUT2D eigenvalue weighted by Crippen LogP contribution is -2.12. The first-order valence-corrected chi connectivity index (χ1v) is 6.63. The van der Waals surface area contributed by atoms with Crippen LogP contribution in [0.4, 0.5) is 0 Å². The zero-order valence-electron chi connectivity index (χ0n) is 10.9. The number of rotatable bonds is 3. The predicted molar refractivity (Wildman–Crippen MR) is 72.0 cm³/mol. The number of benzene rings is 1. The number of nitrogens with zero attached hydrogens (tertiary/aromatic N) is 2. The lowest BCUT2D eigenvalue weighted by molar-refractivity contribution is 0.0972. The van der Waals surface area contributed by atoms with E-state index in [-0.39, 0.29) is 5.78 Å².